The van der Waals surface area contributed by atoms with Crippen molar-refractivity contribution in [3.05, 3.63) is 32.7 Å². The van der Waals surface area contributed by atoms with Crippen molar-refractivity contribution in [3.63, 3.8) is 0 Å². The maximum absolute atomic E-state index is 12.6. The van der Waals surface area contributed by atoms with Crippen LogP contribution in [0.1, 0.15) is 16.8 Å². The van der Waals surface area contributed by atoms with E-state index in [2.05, 4.69) is 36.8 Å². The van der Waals surface area contributed by atoms with Gasteiger partial charge in [0.15, 0.2) is 0 Å². The molecule has 0 unspecified atom stereocenters. The largest absolute Gasteiger partial charge is 0.337 e. The average Bonchev–Trinajstić information content (AvgIpc) is 2.63. The van der Waals surface area contributed by atoms with E-state index in [9.17, 15) is 4.79 Å². The van der Waals surface area contributed by atoms with Gasteiger partial charge >= 0.3 is 0 Å². The average molecular weight is 425 g/mol. The van der Waals surface area contributed by atoms with E-state index in [1.807, 2.05) is 23.1 Å². The van der Waals surface area contributed by atoms with Crippen LogP contribution in [0, 0.1) is 0 Å². The second-order valence-electron chi connectivity index (χ2n) is 4.83. The topological polar surface area (TPSA) is 23.6 Å². The van der Waals surface area contributed by atoms with Crippen LogP contribution in [0.3, 0.4) is 0 Å². The number of nitrogens with zero attached hydrogens (tertiary/aromatic N) is 2. The molecule has 1 aromatic rings. The molecule has 1 saturated heterocycles. The molecule has 0 atom stereocenters. The van der Waals surface area contributed by atoms with E-state index < -0.39 is 0 Å². The molecule has 2 rings (SSSR count). The van der Waals surface area contributed by atoms with E-state index in [0.717, 1.165) is 53.7 Å². The van der Waals surface area contributed by atoms with Gasteiger partial charge in [-0.05, 0) is 31.2 Å². The highest BCUT2D eigenvalue weighted by molar-refractivity contribution is 9.11. The Morgan fingerprint density at radius 3 is 2.45 bits per heavy atom. The zero-order chi connectivity index (χ0) is 14.5. The van der Waals surface area contributed by atoms with Crippen molar-refractivity contribution in [2.24, 2.45) is 0 Å². The minimum Gasteiger partial charge on any atom is -0.337 e. The van der Waals surface area contributed by atoms with Crippen molar-refractivity contribution < 1.29 is 4.79 Å². The lowest BCUT2D eigenvalue weighted by Crippen LogP contribution is -2.35. The van der Waals surface area contributed by atoms with Gasteiger partial charge in [0.05, 0.1) is 0 Å². The van der Waals surface area contributed by atoms with E-state index in [1.165, 1.54) is 0 Å². The highest BCUT2D eigenvalue weighted by Gasteiger charge is 2.20. The van der Waals surface area contributed by atoms with E-state index in [1.54, 1.807) is 0 Å². The van der Waals surface area contributed by atoms with Crippen LogP contribution in [0.4, 0.5) is 0 Å². The molecule has 0 bridgehead atoms. The minimum absolute atomic E-state index is 0.0970. The molecule has 110 valence electrons. The highest BCUT2D eigenvalue weighted by Crippen LogP contribution is 2.21. The molecule has 1 aliphatic heterocycles. The van der Waals surface area contributed by atoms with Crippen molar-refractivity contribution in [3.8, 4) is 0 Å². The van der Waals surface area contributed by atoms with Crippen molar-refractivity contribution >= 4 is 49.4 Å². The summed E-state index contributed by atoms with van der Waals surface area (Å²) >= 11 is 12.6. The molecule has 20 heavy (non-hydrogen) atoms. The number of benzene rings is 1. The van der Waals surface area contributed by atoms with Crippen molar-refractivity contribution in [2.75, 3.05) is 38.6 Å². The zero-order valence-electron chi connectivity index (χ0n) is 11.1. The second kappa shape index (κ2) is 7.78. The fourth-order valence-corrected chi connectivity index (χ4v) is 3.91. The first-order chi connectivity index (χ1) is 9.60. The molecule has 0 saturated carbocycles. The SMILES string of the molecule is O=C(c1cc(Br)cc(Br)c1)N1CCCN(CCCl)CC1. The molecule has 0 aromatic heterocycles. The number of amides is 1. The van der Waals surface area contributed by atoms with Gasteiger partial charge in [0, 0.05) is 46.6 Å². The van der Waals surface area contributed by atoms with Gasteiger partial charge in [-0.15, -0.1) is 11.6 Å². The van der Waals surface area contributed by atoms with Gasteiger partial charge in [-0.1, -0.05) is 31.9 Å². The second-order valence-corrected chi connectivity index (χ2v) is 7.04. The summed E-state index contributed by atoms with van der Waals surface area (Å²) in [5, 5.41) is 0. The lowest BCUT2D eigenvalue weighted by atomic mass is 10.2. The monoisotopic (exact) mass is 422 g/mol. The lowest BCUT2D eigenvalue weighted by Gasteiger charge is -2.21. The van der Waals surface area contributed by atoms with Crippen molar-refractivity contribution in [1.82, 2.24) is 9.80 Å². The van der Waals surface area contributed by atoms with Crippen molar-refractivity contribution in [1.29, 1.82) is 0 Å². The van der Waals surface area contributed by atoms with Crippen LogP contribution >= 0.6 is 43.5 Å². The first-order valence-electron chi connectivity index (χ1n) is 6.64. The standard InChI is InChI=1S/C14H17Br2ClN2O/c15-12-8-11(9-13(16)10-12)14(20)19-4-1-3-18(5-2-17)6-7-19/h8-10H,1-7H2. The van der Waals surface area contributed by atoms with Gasteiger partial charge in [-0.25, -0.2) is 0 Å². The molecule has 1 amide bonds. The molecular formula is C14H17Br2ClN2O. The number of halogens is 3. The van der Waals surface area contributed by atoms with Gasteiger partial charge in [0.25, 0.3) is 5.91 Å². The highest BCUT2D eigenvalue weighted by atomic mass is 79.9. The molecule has 1 fully saturated rings. The van der Waals surface area contributed by atoms with Gasteiger partial charge in [-0.2, -0.15) is 0 Å². The number of rotatable bonds is 3. The van der Waals surface area contributed by atoms with Crippen LogP contribution in [-0.4, -0.2) is 54.3 Å². The Morgan fingerprint density at radius 2 is 1.80 bits per heavy atom. The molecule has 1 aliphatic rings. The summed E-state index contributed by atoms with van der Waals surface area (Å²) in [7, 11) is 0. The molecule has 3 nitrogen and oxygen atoms in total. The van der Waals surface area contributed by atoms with E-state index in [-0.39, 0.29) is 5.91 Å². The lowest BCUT2D eigenvalue weighted by molar-refractivity contribution is 0.0761. The zero-order valence-corrected chi connectivity index (χ0v) is 15.0. The Balaban J connectivity index is 2.05. The van der Waals surface area contributed by atoms with E-state index >= 15 is 0 Å². The Hall–Kier alpha value is -0.100. The Morgan fingerprint density at radius 1 is 1.10 bits per heavy atom. The summed E-state index contributed by atoms with van der Waals surface area (Å²) in [5.41, 5.74) is 0.719. The fraction of sp³-hybridized carbons (Fsp3) is 0.500. The predicted octanol–water partition coefficient (Wildman–Crippen LogP) is 3.60. The normalized spacial score (nSPS) is 17.1. The number of carbonyl (C=O) groups is 1. The molecule has 0 radical (unpaired) electrons. The van der Waals surface area contributed by atoms with Crippen molar-refractivity contribution in [2.45, 2.75) is 6.42 Å². The van der Waals surface area contributed by atoms with E-state index in [4.69, 9.17) is 11.6 Å². The molecule has 0 spiro atoms. The number of carbonyl (C=O) groups excluding carboxylic acids is 1. The van der Waals surface area contributed by atoms with Crippen LogP contribution in [0.25, 0.3) is 0 Å². The van der Waals surface area contributed by atoms with E-state index in [0.29, 0.717) is 5.88 Å². The third-order valence-corrected chi connectivity index (χ3v) is 4.47. The molecule has 0 N–H and O–H groups in total. The minimum atomic E-state index is 0.0970. The summed E-state index contributed by atoms with van der Waals surface area (Å²) in [6.07, 6.45) is 0.998. The Kier molecular flexibility index (Phi) is 6.33. The maximum Gasteiger partial charge on any atom is 0.253 e. The summed E-state index contributed by atoms with van der Waals surface area (Å²) in [6, 6.07) is 5.67. The van der Waals surface area contributed by atoms with Crippen LogP contribution < -0.4 is 0 Å². The number of alkyl halides is 1. The van der Waals surface area contributed by atoms with Crippen LogP contribution in [-0.2, 0) is 0 Å². The molecule has 1 heterocycles. The Bertz CT molecular complexity index is 464. The van der Waals surface area contributed by atoms with Crippen LogP contribution in [0.15, 0.2) is 27.1 Å². The van der Waals surface area contributed by atoms with Gasteiger partial charge in [0.2, 0.25) is 0 Å². The molecule has 6 heteroatoms. The quantitative estimate of drug-likeness (QED) is 0.693. The summed E-state index contributed by atoms with van der Waals surface area (Å²) in [5.74, 6) is 0.742. The maximum atomic E-state index is 12.6. The first kappa shape index (κ1) is 16.3. The van der Waals surface area contributed by atoms with Gasteiger partial charge < -0.3 is 9.80 Å². The summed E-state index contributed by atoms with van der Waals surface area (Å²) in [6.45, 7) is 4.37. The van der Waals surface area contributed by atoms with Gasteiger partial charge in [-0.3, -0.25) is 4.79 Å². The third-order valence-electron chi connectivity index (χ3n) is 3.39. The third kappa shape index (κ3) is 4.45. The first-order valence-corrected chi connectivity index (χ1v) is 8.76. The van der Waals surface area contributed by atoms with Crippen LogP contribution in [0.5, 0.6) is 0 Å². The number of hydrogen-bond donors (Lipinski definition) is 0. The Labute approximate surface area is 141 Å². The molecular weight excluding hydrogens is 407 g/mol. The predicted molar refractivity (Wildman–Crippen MR) is 89.5 cm³/mol. The van der Waals surface area contributed by atoms with Crippen LogP contribution in [0.2, 0.25) is 0 Å². The summed E-state index contributed by atoms with van der Waals surface area (Å²) in [4.78, 5) is 16.8. The molecule has 1 aromatic carbocycles. The molecule has 0 aliphatic carbocycles. The summed E-state index contributed by atoms with van der Waals surface area (Å²) < 4.78 is 1.82. The number of hydrogen-bond acceptors (Lipinski definition) is 2. The van der Waals surface area contributed by atoms with Gasteiger partial charge in [0.1, 0.15) is 0 Å². The fourth-order valence-electron chi connectivity index (χ4n) is 2.38. The smallest absolute Gasteiger partial charge is 0.253 e.